The SMILES string of the molecule is O=C1CCC2CCC3C(=CC=C4CCCC43)C2CC1. The Bertz CT molecular complexity index is 456. The van der Waals surface area contributed by atoms with Gasteiger partial charge in [0.2, 0.25) is 0 Å². The van der Waals surface area contributed by atoms with Crippen LogP contribution in [0.4, 0.5) is 0 Å². The molecule has 0 N–H and O–H groups in total. The Morgan fingerprint density at radius 3 is 2.63 bits per heavy atom. The zero-order valence-electron chi connectivity index (χ0n) is 11.7. The van der Waals surface area contributed by atoms with Crippen LogP contribution in [-0.4, -0.2) is 5.78 Å². The third-order valence-electron chi connectivity index (χ3n) is 6.23. The van der Waals surface area contributed by atoms with E-state index >= 15 is 0 Å². The number of carbonyl (C=O) groups is 1. The van der Waals surface area contributed by atoms with Gasteiger partial charge in [0.05, 0.1) is 0 Å². The van der Waals surface area contributed by atoms with E-state index in [1.807, 2.05) is 0 Å². The second kappa shape index (κ2) is 4.61. The van der Waals surface area contributed by atoms with Gasteiger partial charge in [-0.3, -0.25) is 4.79 Å². The molecule has 4 unspecified atom stereocenters. The highest BCUT2D eigenvalue weighted by Crippen LogP contribution is 2.53. The van der Waals surface area contributed by atoms with Crippen molar-refractivity contribution >= 4 is 5.78 Å². The molecule has 102 valence electrons. The third-order valence-corrected chi connectivity index (χ3v) is 6.23. The summed E-state index contributed by atoms with van der Waals surface area (Å²) in [7, 11) is 0. The molecule has 0 aromatic carbocycles. The molecule has 0 heterocycles. The Morgan fingerprint density at radius 1 is 0.789 bits per heavy atom. The maximum atomic E-state index is 11.7. The van der Waals surface area contributed by atoms with Crippen LogP contribution < -0.4 is 0 Å². The molecule has 4 aliphatic carbocycles. The molecule has 4 atom stereocenters. The molecule has 0 aromatic rings. The number of Topliss-reactive ketones (excluding diaryl/α,β-unsaturated/α-hetero) is 1. The van der Waals surface area contributed by atoms with E-state index in [4.69, 9.17) is 0 Å². The Kier molecular flexibility index (Phi) is 2.90. The fourth-order valence-electron chi connectivity index (χ4n) is 5.29. The summed E-state index contributed by atoms with van der Waals surface area (Å²) in [6.45, 7) is 0. The molecule has 0 radical (unpaired) electrons. The van der Waals surface area contributed by atoms with Crippen LogP contribution in [0, 0.1) is 23.7 Å². The van der Waals surface area contributed by atoms with Crippen molar-refractivity contribution in [2.75, 3.05) is 0 Å². The number of rotatable bonds is 0. The number of carbonyl (C=O) groups excluding carboxylic acids is 1. The van der Waals surface area contributed by atoms with Crippen molar-refractivity contribution in [3.63, 3.8) is 0 Å². The second-order valence-electron chi connectivity index (χ2n) is 7.07. The first-order valence-corrected chi connectivity index (χ1v) is 8.25. The molecular weight excluding hydrogens is 232 g/mol. The minimum Gasteiger partial charge on any atom is -0.300 e. The molecule has 0 amide bonds. The lowest BCUT2D eigenvalue weighted by atomic mass is 9.62. The van der Waals surface area contributed by atoms with Crippen LogP contribution in [0.15, 0.2) is 23.3 Å². The van der Waals surface area contributed by atoms with E-state index in [-0.39, 0.29) is 0 Å². The minimum atomic E-state index is 0.513. The van der Waals surface area contributed by atoms with Crippen LogP contribution in [0.2, 0.25) is 0 Å². The number of allylic oxidation sites excluding steroid dienone is 4. The molecule has 19 heavy (non-hydrogen) atoms. The zero-order chi connectivity index (χ0) is 12.8. The number of fused-ring (bicyclic) bond motifs is 5. The highest BCUT2D eigenvalue weighted by Gasteiger charge is 2.42. The lowest BCUT2D eigenvalue weighted by Crippen LogP contribution is -2.32. The molecule has 1 nitrogen and oxygen atoms in total. The highest BCUT2D eigenvalue weighted by atomic mass is 16.1. The van der Waals surface area contributed by atoms with Gasteiger partial charge in [-0.15, -0.1) is 0 Å². The number of ketones is 1. The summed E-state index contributed by atoms with van der Waals surface area (Å²) in [6, 6.07) is 0. The maximum absolute atomic E-state index is 11.7. The number of hydrogen-bond donors (Lipinski definition) is 0. The molecule has 3 fully saturated rings. The first-order valence-electron chi connectivity index (χ1n) is 8.25. The molecule has 4 rings (SSSR count). The standard InChI is InChI=1S/C18H24O/c19-14-7-4-13-6-10-17-15-3-1-2-12(15)5-9-18(17)16(13)11-8-14/h5,9,13,15-17H,1-4,6-8,10-11H2. The number of hydrogen-bond acceptors (Lipinski definition) is 1. The van der Waals surface area contributed by atoms with Gasteiger partial charge in [0.1, 0.15) is 5.78 Å². The van der Waals surface area contributed by atoms with E-state index < -0.39 is 0 Å². The van der Waals surface area contributed by atoms with Crippen molar-refractivity contribution in [3.8, 4) is 0 Å². The van der Waals surface area contributed by atoms with Gasteiger partial charge in [-0.05, 0) is 68.6 Å². The average molecular weight is 256 g/mol. The minimum absolute atomic E-state index is 0.513. The van der Waals surface area contributed by atoms with Gasteiger partial charge < -0.3 is 0 Å². The quantitative estimate of drug-likeness (QED) is 0.626. The van der Waals surface area contributed by atoms with Gasteiger partial charge in [-0.2, -0.15) is 0 Å². The lowest BCUT2D eigenvalue weighted by Gasteiger charge is -2.42. The Hall–Kier alpha value is -0.850. The van der Waals surface area contributed by atoms with Crippen LogP contribution >= 0.6 is 0 Å². The van der Waals surface area contributed by atoms with Gasteiger partial charge in [-0.25, -0.2) is 0 Å². The van der Waals surface area contributed by atoms with Crippen LogP contribution in [-0.2, 0) is 4.79 Å². The summed E-state index contributed by atoms with van der Waals surface area (Å²) in [5.74, 6) is 3.78. The summed E-state index contributed by atoms with van der Waals surface area (Å²) in [4.78, 5) is 11.7. The molecule has 3 saturated carbocycles. The largest absolute Gasteiger partial charge is 0.300 e. The predicted octanol–water partition coefficient (Wildman–Crippen LogP) is 4.44. The van der Waals surface area contributed by atoms with Crippen LogP contribution in [0.5, 0.6) is 0 Å². The normalized spacial score (nSPS) is 41.6. The first kappa shape index (κ1) is 11.9. The van der Waals surface area contributed by atoms with Crippen LogP contribution in [0.25, 0.3) is 0 Å². The van der Waals surface area contributed by atoms with Crippen LogP contribution in [0.1, 0.15) is 57.8 Å². The van der Waals surface area contributed by atoms with E-state index in [0.29, 0.717) is 5.78 Å². The van der Waals surface area contributed by atoms with E-state index in [1.54, 1.807) is 11.1 Å². The Morgan fingerprint density at radius 2 is 1.68 bits per heavy atom. The van der Waals surface area contributed by atoms with Gasteiger partial charge in [0.15, 0.2) is 0 Å². The van der Waals surface area contributed by atoms with Crippen LogP contribution in [0.3, 0.4) is 0 Å². The molecule has 0 aromatic heterocycles. The highest BCUT2D eigenvalue weighted by molar-refractivity contribution is 5.78. The summed E-state index contributed by atoms with van der Waals surface area (Å²) >= 11 is 0. The molecule has 0 saturated heterocycles. The van der Waals surface area contributed by atoms with Crippen molar-refractivity contribution in [3.05, 3.63) is 23.3 Å². The fourth-order valence-corrected chi connectivity index (χ4v) is 5.29. The first-order chi connectivity index (χ1) is 9.33. The topological polar surface area (TPSA) is 17.1 Å². The Labute approximate surface area is 116 Å². The van der Waals surface area contributed by atoms with Crippen molar-refractivity contribution < 1.29 is 4.79 Å². The fraction of sp³-hybridized carbons (Fsp3) is 0.722. The van der Waals surface area contributed by atoms with Crippen molar-refractivity contribution in [2.24, 2.45) is 23.7 Å². The zero-order valence-corrected chi connectivity index (χ0v) is 11.7. The molecule has 0 spiro atoms. The Balaban J connectivity index is 1.65. The van der Waals surface area contributed by atoms with E-state index in [9.17, 15) is 4.79 Å². The molecule has 1 heteroatoms. The predicted molar refractivity (Wildman–Crippen MR) is 76.7 cm³/mol. The average Bonchev–Trinajstić information content (AvgIpc) is 2.83. The summed E-state index contributed by atoms with van der Waals surface area (Å²) in [5, 5.41) is 0. The lowest BCUT2D eigenvalue weighted by molar-refractivity contribution is -0.118. The van der Waals surface area contributed by atoms with E-state index in [0.717, 1.165) is 49.4 Å². The van der Waals surface area contributed by atoms with Gasteiger partial charge in [-0.1, -0.05) is 23.3 Å². The monoisotopic (exact) mass is 256 g/mol. The summed E-state index contributed by atoms with van der Waals surface area (Å²) in [6.07, 6.45) is 15.8. The molecule has 0 aliphatic heterocycles. The molecule has 0 bridgehead atoms. The van der Waals surface area contributed by atoms with Crippen molar-refractivity contribution in [1.82, 2.24) is 0 Å². The molecule has 4 aliphatic rings. The smallest absolute Gasteiger partial charge is 0.132 e. The molecular formula is C18H24O. The maximum Gasteiger partial charge on any atom is 0.132 e. The van der Waals surface area contributed by atoms with Gasteiger partial charge in [0, 0.05) is 12.8 Å². The van der Waals surface area contributed by atoms with E-state index in [2.05, 4.69) is 12.2 Å². The van der Waals surface area contributed by atoms with Gasteiger partial charge >= 0.3 is 0 Å². The van der Waals surface area contributed by atoms with Crippen molar-refractivity contribution in [2.45, 2.75) is 57.8 Å². The second-order valence-corrected chi connectivity index (χ2v) is 7.07. The van der Waals surface area contributed by atoms with Gasteiger partial charge in [0.25, 0.3) is 0 Å². The van der Waals surface area contributed by atoms with E-state index in [1.165, 1.54) is 32.1 Å². The summed E-state index contributed by atoms with van der Waals surface area (Å²) < 4.78 is 0. The van der Waals surface area contributed by atoms with Crippen molar-refractivity contribution in [1.29, 1.82) is 0 Å². The summed E-state index contributed by atoms with van der Waals surface area (Å²) in [5.41, 5.74) is 3.47. The third kappa shape index (κ3) is 1.93.